The molecule has 2 aromatic rings. The molecular weight excluding hydrogens is 410 g/mol. The first-order chi connectivity index (χ1) is 14.6. The lowest BCUT2D eigenvalue weighted by molar-refractivity contribution is 0.259. The minimum atomic E-state index is -1.36. The zero-order chi connectivity index (χ0) is 22.8. The Labute approximate surface area is 187 Å². The highest BCUT2D eigenvalue weighted by atomic mass is 32.2. The van der Waals surface area contributed by atoms with Gasteiger partial charge in [0.25, 0.3) is 0 Å². The summed E-state index contributed by atoms with van der Waals surface area (Å²) >= 11 is 0. The Morgan fingerprint density at radius 3 is 2.42 bits per heavy atom. The number of carbonyl (C=O) groups is 1. The van der Waals surface area contributed by atoms with Crippen molar-refractivity contribution in [2.24, 2.45) is 10.9 Å². The lowest BCUT2D eigenvalue weighted by Gasteiger charge is -2.20. The molecule has 0 aliphatic heterocycles. The van der Waals surface area contributed by atoms with Crippen molar-refractivity contribution in [2.45, 2.75) is 62.8 Å². The number of hydrogen-bond acceptors (Lipinski definition) is 4. The minimum Gasteiger partial charge on any atom is -0.351 e. The fourth-order valence-corrected chi connectivity index (χ4v) is 4.76. The first-order valence-corrected chi connectivity index (χ1v) is 11.8. The van der Waals surface area contributed by atoms with Gasteiger partial charge in [-0.1, -0.05) is 26.0 Å². The van der Waals surface area contributed by atoms with Crippen LogP contribution in [0.25, 0.3) is 0 Å². The Balaban J connectivity index is 0.000000187. The van der Waals surface area contributed by atoms with Gasteiger partial charge in [-0.2, -0.15) is 0 Å². The maximum atomic E-state index is 11.2. The van der Waals surface area contributed by atoms with E-state index in [-0.39, 0.29) is 5.41 Å². The van der Waals surface area contributed by atoms with E-state index in [2.05, 4.69) is 24.1 Å². The van der Waals surface area contributed by atoms with Crippen LogP contribution in [0.3, 0.4) is 0 Å². The van der Waals surface area contributed by atoms with Crippen LogP contribution in [0.1, 0.15) is 54.8 Å². The quantitative estimate of drug-likeness (QED) is 0.674. The van der Waals surface area contributed by atoms with E-state index in [0.29, 0.717) is 4.90 Å². The van der Waals surface area contributed by atoms with Crippen LogP contribution in [0.5, 0.6) is 0 Å². The van der Waals surface area contributed by atoms with Gasteiger partial charge in [-0.3, -0.25) is 4.98 Å². The molecule has 0 fully saturated rings. The number of pyridine rings is 1. The van der Waals surface area contributed by atoms with Crippen molar-refractivity contribution >= 4 is 22.7 Å². The second-order valence-electron chi connectivity index (χ2n) is 9.15. The number of benzene rings is 1. The first-order valence-electron chi connectivity index (χ1n) is 10.6. The molecule has 1 heterocycles. The van der Waals surface area contributed by atoms with Crippen molar-refractivity contribution in [1.29, 1.82) is 0 Å². The predicted octanol–water partition coefficient (Wildman–Crippen LogP) is 3.01. The third-order valence-corrected chi connectivity index (χ3v) is 6.61. The van der Waals surface area contributed by atoms with Crippen molar-refractivity contribution in [3.8, 4) is 0 Å². The summed E-state index contributed by atoms with van der Waals surface area (Å²) in [6.07, 6.45) is 5.22. The largest absolute Gasteiger partial charge is 0.351 e. The van der Waals surface area contributed by atoms with Crippen LogP contribution < -0.4 is 16.2 Å². The molecular formula is C23H33N5O2S. The minimum absolute atomic E-state index is 0.112. The van der Waals surface area contributed by atoms with Gasteiger partial charge < -0.3 is 16.0 Å². The second-order valence-corrected chi connectivity index (χ2v) is 10.2. The van der Waals surface area contributed by atoms with Gasteiger partial charge in [0.2, 0.25) is 0 Å². The summed E-state index contributed by atoms with van der Waals surface area (Å²) in [6.45, 7) is 5.33. The Morgan fingerprint density at radius 1 is 1.16 bits per heavy atom. The first kappa shape index (κ1) is 23.4. The number of carbonyl (C=O) groups excluding carboxylic acids is 1. The van der Waals surface area contributed by atoms with Gasteiger partial charge in [0.05, 0.1) is 16.3 Å². The number of nitrogens with one attached hydrogen (secondary N) is 1. The third-order valence-electron chi connectivity index (χ3n) is 5.87. The maximum absolute atomic E-state index is 11.2. The number of nitrogens with zero attached hydrogens (tertiary/aromatic N) is 2. The molecule has 7 nitrogen and oxygen atoms in total. The molecule has 0 radical (unpaired) electrons. The number of aryl methyl sites for hydroxylation is 1. The van der Waals surface area contributed by atoms with Gasteiger partial charge in [-0.25, -0.2) is 14.1 Å². The molecule has 1 aromatic carbocycles. The standard InChI is InChI=1S/C14H19N3O.C9H14N2OS/c1-14(2)7-6-9-11(17-13(15)18)8-4-3-5-10(8)16-12(9)14;1-11(2)7-8-3-5-9(6-4-8)13(10)12/h3-7H2,1-2H3,(H3,15,16,17,18);3-6H,7,10H2,1-2H3. The zero-order valence-corrected chi connectivity index (χ0v) is 19.6. The second kappa shape index (κ2) is 9.46. The smallest absolute Gasteiger partial charge is 0.316 e. The van der Waals surface area contributed by atoms with Crippen molar-refractivity contribution in [1.82, 2.24) is 9.88 Å². The van der Waals surface area contributed by atoms with Gasteiger partial charge in [0.15, 0.2) is 0 Å². The van der Waals surface area contributed by atoms with E-state index in [4.69, 9.17) is 15.9 Å². The van der Waals surface area contributed by atoms with Gasteiger partial charge in [0.1, 0.15) is 11.0 Å². The molecule has 0 saturated heterocycles. The van der Waals surface area contributed by atoms with Gasteiger partial charge in [0, 0.05) is 17.7 Å². The van der Waals surface area contributed by atoms with Crippen molar-refractivity contribution in [3.63, 3.8) is 0 Å². The molecule has 1 aromatic heterocycles. The molecule has 31 heavy (non-hydrogen) atoms. The highest BCUT2D eigenvalue weighted by molar-refractivity contribution is 7.82. The Kier molecular flexibility index (Phi) is 7.13. The average Bonchev–Trinajstić information content (AvgIpc) is 3.27. The van der Waals surface area contributed by atoms with Crippen LogP contribution in [-0.2, 0) is 42.2 Å². The molecule has 2 aliphatic carbocycles. The average molecular weight is 444 g/mol. The van der Waals surface area contributed by atoms with Crippen molar-refractivity contribution in [2.75, 3.05) is 19.4 Å². The molecule has 2 aliphatic rings. The predicted molar refractivity (Wildman–Crippen MR) is 125 cm³/mol. The Bertz CT molecular complexity index is 986. The topological polar surface area (TPSA) is 114 Å². The van der Waals surface area contributed by atoms with E-state index in [1.165, 1.54) is 16.7 Å². The van der Waals surface area contributed by atoms with Gasteiger partial charge in [-0.15, -0.1) is 0 Å². The molecule has 0 spiro atoms. The number of nitrogens with two attached hydrogens (primary N) is 2. The number of fused-ring (bicyclic) bond motifs is 2. The van der Waals surface area contributed by atoms with Crippen LogP contribution in [0.15, 0.2) is 29.2 Å². The van der Waals surface area contributed by atoms with Crippen LogP contribution in [0.2, 0.25) is 0 Å². The number of urea groups is 1. The third kappa shape index (κ3) is 5.50. The van der Waals surface area contributed by atoms with Crippen LogP contribution in [0, 0.1) is 0 Å². The normalized spacial score (nSPS) is 16.8. The van der Waals surface area contributed by atoms with Crippen LogP contribution in [0.4, 0.5) is 10.5 Å². The summed E-state index contributed by atoms with van der Waals surface area (Å²) in [7, 11) is 2.65. The van der Waals surface area contributed by atoms with E-state index in [1.54, 1.807) is 12.1 Å². The molecule has 0 saturated carbocycles. The summed E-state index contributed by atoms with van der Waals surface area (Å²) in [4.78, 5) is 18.8. The summed E-state index contributed by atoms with van der Waals surface area (Å²) in [6, 6.07) is 7.02. The SMILES string of the molecule is CC1(C)CCc2c1nc1c(c2NC(N)=O)CCC1.CN(C)Cc1ccc(S(N)=O)cc1. The van der Waals surface area contributed by atoms with E-state index in [9.17, 15) is 9.00 Å². The molecule has 8 heteroatoms. The lowest BCUT2D eigenvalue weighted by atomic mass is 9.90. The zero-order valence-electron chi connectivity index (χ0n) is 18.8. The number of amides is 2. The number of aromatic nitrogens is 1. The van der Waals surface area contributed by atoms with E-state index < -0.39 is 17.0 Å². The number of primary amides is 1. The van der Waals surface area contributed by atoms with Crippen molar-refractivity contribution < 1.29 is 9.00 Å². The number of anilines is 1. The monoisotopic (exact) mass is 443 g/mol. The van der Waals surface area contributed by atoms with E-state index in [0.717, 1.165) is 55.7 Å². The summed E-state index contributed by atoms with van der Waals surface area (Å²) in [5, 5.41) is 8.07. The van der Waals surface area contributed by atoms with Gasteiger partial charge in [-0.05, 0) is 75.0 Å². The molecule has 2 amide bonds. The highest BCUT2D eigenvalue weighted by Gasteiger charge is 2.36. The number of rotatable bonds is 4. The Morgan fingerprint density at radius 2 is 1.84 bits per heavy atom. The molecule has 5 N–H and O–H groups in total. The molecule has 1 unspecified atom stereocenters. The molecule has 0 bridgehead atoms. The molecule has 168 valence electrons. The maximum Gasteiger partial charge on any atom is 0.316 e. The lowest BCUT2D eigenvalue weighted by Crippen LogP contribution is -2.22. The fourth-order valence-electron chi connectivity index (χ4n) is 4.35. The number of hydrogen-bond donors (Lipinski definition) is 3. The summed E-state index contributed by atoms with van der Waals surface area (Å²) in [5.41, 5.74) is 12.3. The molecule has 1 atom stereocenters. The van der Waals surface area contributed by atoms with E-state index in [1.807, 2.05) is 26.2 Å². The van der Waals surface area contributed by atoms with Crippen molar-refractivity contribution in [3.05, 3.63) is 52.3 Å². The van der Waals surface area contributed by atoms with E-state index >= 15 is 0 Å². The highest BCUT2D eigenvalue weighted by Crippen LogP contribution is 2.44. The van der Waals surface area contributed by atoms with Crippen LogP contribution in [-0.4, -0.2) is 34.2 Å². The summed E-state index contributed by atoms with van der Waals surface area (Å²) < 4.78 is 10.9. The summed E-state index contributed by atoms with van der Waals surface area (Å²) in [5.74, 6) is 0. The Hall–Kier alpha value is -2.29. The van der Waals surface area contributed by atoms with Gasteiger partial charge >= 0.3 is 6.03 Å². The molecule has 4 rings (SSSR count). The van der Waals surface area contributed by atoms with Crippen LogP contribution >= 0.6 is 0 Å². The fraction of sp³-hybridized carbons (Fsp3) is 0.478.